The summed E-state index contributed by atoms with van der Waals surface area (Å²) in [7, 11) is -3.70. The van der Waals surface area contributed by atoms with E-state index >= 15 is 0 Å². The molecule has 0 spiro atoms. The number of nitrogens with one attached hydrogen (secondary N) is 1. The molecule has 0 heterocycles. The van der Waals surface area contributed by atoms with Crippen molar-refractivity contribution in [2.24, 2.45) is 0 Å². The highest BCUT2D eigenvalue weighted by Gasteiger charge is 2.20. The number of benzene rings is 1. The van der Waals surface area contributed by atoms with Crippen LogP contribution in [0, 0.1) is 0 Å². The molecule has 7 heteroatoms. The molecule has 0 radical (unpaired) electrons. The quantitative estimate of drug-likeness (QED) is 0.885. The molecule has 90 valence electrons. The van der Waals surface area contributed by atoms with Gasteiger partial charge in [-0.25, -0.2) is 13.1 Å². The van der Waals surface area contributed by atoms with Gasteiger partial charge in [0, 0.05) is 10.5 Å². The average molecular weight is 329 g/mol. The van der Waals surface area contributed by atoms with E-state index in [-0.39, 0.29) is 16.5 Å². The Morgan fingerprint density at radius 2 is 2.19 bits per heavy atom. The van der Waals surface area contributed by atoms with Crippen molar-refractivity contribution in [2.75, 3.05) is 6.61 Å². The van der Waals surface area contributed by atoms with Crippen LogP contribution in [0.2, 0.25) is 5.02 Å². The van der Waals surface area contributed by atoms with Gasteiger partial charge in [-0.3, -0.25) is 0 Å². The number of aliphatic hydroxyl groups is 1. The van der Waals surface area contributed by atoms with Gasteiger partial charge in [-0.2, -0.15) is 0 Å². The Hall–Kier alpha value is -0.140. The highest BCUT2D eigenvalue weighted by atomic mass is 79.9. The van der Waals surface area contributed by atoms with E-state index in [1.54, 1.807) is 13.0 Å². The minimum atomic E-state index is -3.70. The van der Waals surface area contributed by atoms with Gasteiger partial charge >= 0.3 is 0 Å². The Morgan fingerprint density at radius 3 is 2.75 bits per heavy atom. The number of halogens is 2. The van der Waals surface area contributed by atoms with Gasteiger partial charge in [0.05, 0.1) is 11.6 Å². The minimum Gasteiger partial charge on any atom is -0.395 e. The van der Waals surface area contributed by atoms with E-state index in [0.717, 1.165) is 0 Å². The van der Waals surface area contributed by atoms with Crippen molar-refractivity contribution in [3.63, 3.8) is 0 Å². The summed E-state index contributed by atoms with van der Waals surface area (Å²) in [4.78, 5) is -0.0103. The van der Waals surface area contributed by atoms with E-state index in [2.05, 4.69) is 20.7 Å². The minimum absolute atomic E-state index is 0.0103. The molecule has 1 atom stereocenters. The Labute approximate surface area is 108 Å². The van der Waals surface area contributed by atoms with Crippen molar-refractivity contribution in [3.05, 3.63) is 27.7 Å². The Kier molecular flexibility index (Phi) is 4.75. The average Bonchev–Trinajstić information content (AvgIpc) is 2.20. The maximum Gasteiger partial charge on any atom is 0.242 e. The third-order valence-electron chi connectivity index (χ3n) is 1.81. The fourth-order valence-electron chi connectivity index (χ4n) is 1.05. The third-order valence-corrected chi connectivity index (χ3v) is 4.38. The summed E-state index contributed by atoms with van der Waals surface area (Å²) in [6, 6.07) is 4.00. The van der Waals surface area contributed by atoms with Crippen molar-refractivity contribution in [1.82, 2.24) is 4.72 Å². The molecule has 4 nitrogen and oxygen atoms in total. The normalized spacial score (nSPS) is 13.8. The zero-order valence-electron chi connectivity index (χ0n) is 8.44. The van der Waals surface area contributed by atoms with Gasteiger partial charge in [0.1, 0.15) is 4.90 Å². The lowest BCUT2D eigenvalue weighted by molar-refractivity contribution is 0.265. The molecule has 0 aromatic heterocycles. The van der Waals surface area contributed by atoms with E-state index in [0.29, 0.717) is 4.47 Å². The number of hydrogen-bond donors (Lipinski definition) is 2. The maximum atomic E-state index is 11.8. The molecule has 0 saturated heterocycles. The third kappa shape index (κ3) is 3.43. The van der Waals surface area contributed by atoms with E-state index in [1.165, 1.54) is 12.1 Å². The summed E-state index contributed by atoms with van der Waals surface area (Å²) in [5.74, 6) is 0. The molecule has 2 N–H and O–H groups in total. The lowest BCUT2D eigenvalue weighted by Crippen LogP contribution is -2.35. The first-order chi connectivity index (χ1) is 7.36. The first-order valence-corrected chi connectivity index (χ1v) is 7.10. The van der Waals surface area contributed by atoms with Gasteiger partial charge in [-0.1, -0.05) is 27.5 Å². The van der Waals surface area contributed by atoms with Gasteiger partial charge in [0.15, 0.2) is 0 Å². The van der Waals surface area contributed by atoms with Crippen LogP contribution >= 0.6 is 27.5 Å². The van der Waals surface area contributed by atoms with E-state index in [4.69, 9.17) is 16.7 Å². The van der Waals surface area contributed by atoms with Crippen LogP contribution in [-0.2, 0) is 10.0 Å². The highest BCUT2D eigenvalue weighted by Crippen LogP contribution is 2.25. The fourth-order valence-corrected chi connectivity index (χ4v) is 3.32. The Bertz CT molecular complexity index is 478. The Balaban J connectivity index is 3.12. The van der Waals surface area contributed by atoms with Crippen molar-refractivity contribution in [2.45, 2.75) is 17.9 Å². The van der Waals surface area contributed by atoms with Crippen molar-refractivity contribution in [1.29, 1.82) is 0 Å². The highest BCUT2D eigenvalue weighted by molar-refractivity contribution is 9.10. The van der Waals surface area contributed by atoms with Crippen LogP contribution in [0.25, 0.3) is 0 Å². The zero-order valence-corrected chi connectivity index (χ0v) is 11.6. The predicted molar refractivity (Wildman–Crippen MR) is 66.0 cm³/mol. The summed E-state index contributed by atoms with van der Waals surface area (Å²) in [6.45, 7) is 1.29. The van der Waals surface area contributed by atoms with Crippen LogP contribution < -0.4 is 4.72 Å². The van der Waals surface area contributed by atoms with Crippen molar-refractivity contribution < 1.29 is 13.5 Å². The summed E-state index contributed by atoms with van der Waals surface area (Å²) < 4.78 is 26.6. The molecule has 0 amide bonds. The zero-order chi connectivity index (χ0) is 12.3. The molecular formula is C9H11BrClNO3S. The first kappa shape index (κ1) is 13.9. The first-order valence-electron chi connectivity index (χ1n) is 4.45. The molecule has 0 unspecified atom stereocenters. The monoisotopic (exact) mass is 327 g/mol. The van der Waals surface area contributed by atoms with Gasteiger partial charge in [-0.15, -0.1) is 0 Å². The SMILES string of the molecule is C[C@H](CO)NS(=O)(=O)c1cc(Br)ccc1Cl. The molecule has 0 aliphatic carbocycles. The van der Waals surface area contributed by atoms with Gasteiger partial charge in [0.25, 0.3) is 0 Å². The van der Waals surface area contributed by atoms with Crippen molar-refractivity contribution in [3.8, 4) is 0 Å². The molecule has 0 aliphatic heterocycles. The Morgan fingerprint density at radius 1 is 1.56 bits per heavy atom. The molecule has 0 aliphatic rings. The lowest BCUT2D eigenvalue weighted by Gasteiger charge is -2.12. The number of sulfonamides is 1. The van der Waals surface area contributed by atoms with E-state index in [9.17, 15) is 8.42 Å². The molecule has 0 saturated carbocycles. The molecular weight excluding hydrogens is 318 g/mol. The van der Waals surface area contributed by atoms with Gasteiger partial charge in [-0.05, 0) is 25.1 Å². The van der Waals surface area contributed by atoms with Crippen LogP contribution in [0.3, 0.4) is 0 Å². The molecule has 0 fully saturated rings. The van der Waals surface area contributed by atoms with Crippen LogP contribution in [0.1, 0.15) is 6.92 Å². The second-order valence-electron chi connectivity index (χ2n) is 3.28. The summed E-state index contributed by atoms with van der Waals surface area (Å²) >= 11 is 8.98. The standard InChI is InChI=1S/C9H11BrClNO3S/c1-6(5-13)12-16(14,15)9-4-7(10)2-3-8(9)11/h2-4,6,12-13H,5H2,1H3/t6-/m1/s1. The summed E-state index contributed by atoms with van der Waals surface area (Å²) in [6.07, 6.45) is 0. The molecule has 1 aromatic rings. The largest absolute Gasteiger partial charge is 0.395 e. The maximum absolute atomic E-state index is 11.8. The smallest absolute Gasteiger partial charge is 0.242 e. The van der Waals surface area contributed by atoms with E-state index < -0.39 is 16.1 Å². The second-order valence-corrected chi connectivity index (χ2v) is 6.28. The van der Waals surface area contributed by atoms with E-state index in [1.807, 2.05) is 0 Å². The number of aliphatic hydroxyl groups excluding tert-OH is 1. The summed E-state index contributed by atoms with van der Waals surface area (Å²) in [5.41, 5.74) is 0. The number of rotatable bonds is 4. The summed E-state index contributed by atoms with van der Waals surface area (Å²) in [5, 5.41) is 8.94. The van der Waals surface area contributed by atoms with Crippen LogP contribution in [0.15, 0.2) is 27.6 Å². The molecule has 1 aromatic carbocycles. The molecule has 1 rings (SSSR count). The van der Waals surface area contributed by atoms with Crippen LogP contribution in [0.4, 0.5) is 0 Å². The van der Waals surface area contributed by atoms with Gasteiger partial charge in [0.2, 0.25) is 10.0 Å². The fraction of sp³-hybridized carbons (Fsp3) is 0.333. The number of hydrogen-bond acceptors (Lipinski definition) is 3. The molecule has 0 bridgehead atoms. The predicted octanol–water partition coefficient (Wildman–Crippen LogP) is 1.76. The van der Waals surface area contributed by atoms with Crippen molar-refractivity contribution >= 4 is 37.6 Å². The molecule has 16 heavy (non-hydrogen) atoms. The van der Waals surface area contributed by atoms with Gasteiger partial charge < -0.3 is 5.11 Å². The lowest BCUT2D eigenvalue weighted by atomic mass is 10.4. The topological polar surface area (TPSA) is 66.4 Å². The second kappa shape index (κ2) is 5.46. The van der Waals surface area contributed by atoms with Crippen LogP contribution in [-0.4, -0.2) is 26.2 Å². The van der Waals surface area contributed by atoms with Crippen LogP contribution in [0.5, 0.6) is 0 Å².